The molecule has 2 heterocycles. The molecule has 1 aliphatic rings. The maximum Gasteiger partial charge on any atom is 0.318 e. The molecule has 0 aliphatic carbocycles. The van der Waals surface area contributed by atoms with Crippen molar-refractivity contribution in [2.24, 2.45) is 7.05 Å². The Morgan fingerprint density at radius 1 is 1.24 bits per heavy atom. The number of hydrogen-bond donors (Lipinski definition) is 1. The van der Waals surface area contributed by atoms with E-state index in [0.29, 0.717) is 19.8 Å². The largest absolute Gasteiger partial charge is 0.377 e. The third-order valence-corrected chi connectivity index (χ3v) is 4.85. The summed E-state index contributed by atoms with van der Waals surface area (Å²) in [5.74, 6) is 0. The van der Waals surface area contributed by atoms with Crippen LogP contribution in [0.1, 0.15) is 42.6 Å². The van der Waals surface area contributed by atoms with Crippen LogP contribution in [0.3, 0.4) is 0 Å². The first-order valence-electron chi connectivity index (χ1n) is 9.01. The number of hydrogen-bond acceptors (Lipinski definition) is 2. The lowest BCUT2D eigenvalue weighted by atomic mass is 10.1. The van der Waals surface area contributed by atoms with Gasteiger partial charge in [0.15, 0.2) is 0 Å². The molecule has 1 aliphatic heterocycles. The summed E-state index contributed by atoms with van der Waals surface area (Å²) >= 11 is 0. The van der Waals surface area contributed by atoms with Crippen molar-refractivity contribution in [1.82, 2.24) is 14.8 Å². The fraction of sp³-hybridized carbons (Fsp3) is 0.450. The van der Waals surface area contributed by atoms with E-state index >= 15 is 0 Å². The van der Waals surface area contributed by atoms with Crippen LogP contribution in [0.2, 0.25) is 0 Å². The Balaban J connectivity index is 1.64. The van der Waals surface area contributed by atoms with Crippen molar-refractivity contribution in [1.29, 1.82) is 0 Å². The minimum Gasteiger partial charge on any atom is -0.377 e. The number of nitrogens with zero attached hydrogens (tertiary/aromatic N) is 2. The molecule has 3 rings (SSSR count). The number of nitrogens with one attached hydrogen (secondary N) is 1. The summed E-state index contributed by atoms with van der Waals surface area (Å²) in [6.07, 6.45) is 4.10. The molecule has 0 radical (unpaired) electrons. The van der Waals surface area contributed by atoms with Crippen LogP contribution in [0, 0.1) is 0 Å². The molecule has 0 bridgehead atoms. The second kappa shape index (κ2) is 8.21. The number of ether oxygens (including phenoxy) is 1. The van der Waals surface area contributed by atoms with Crippen molar-refractivity contribution >= 4 is 6.03 Å². The lowest BCUT2D eigenvalue weighted by Crippen LogP contribution is -2.39. The number of carbonyl (C=O) groups excluding carboxylic acids is 1. The number of aromatic nitrogens is 1. The van der Waals surface area contributed by atoms with Crippen LogP contribution in [0.25, 0.3) is 0 Å². The Bertz CT molecular complexity index is 710. The third kappa shape index (κ3) is 4.04. The Morgan fingerprint density at radius 2 is 2.04 bits per heavy atom. The molecule has 5 nitrogen and oxygen atoms in total. The quantitative estimate of drug-likeness (QED) is 0.872. The van der Waals surface area contributed by atoms with Gasteiger partial charge in [-0.3, -0.25) is 0 Å². The molecular formula is C20H27N3O2. The molecule has 134 valence electrons. The molecule has 2 aromatic rings. The van der Waals surface area contributed by atoms with Gasteiger partial charge in [0.05, 0.1) is 12.6 Å². The van der Waals surface area contributed by atoms with E-state index in [1.165, 1.54) is 5.69 Å². The second-order valence-electron chi connectivity index (χ2n) is 6.46. The van der Waals surface area contributed by atoms with Gasteiger partial charge in [-0.2, -0.15) is 0 Å². The van der Waals surface area contributed by atoms with E-state index < -0.39 is 0 Å². The van der Waals surface area contributed by atoms with Crippen molar-refractivity contribution in [2.75, 3.05) is 13.2 Å². The van der Waals surface area contributed by atoms with Crippen molar-refractivity contribution < 1.29 is 9.53 Å². The topological polar surface area (TPSA) is 46.5 Å². The second-order valence-corrected chi connectivity index (χ2v) is 6.46. The normalized spacial score (nSPS) is 17.0. The van der Waals surface area contributed by atoms with Crippen molar-refractivity contribution in [3.63, 3.8) is 0 Å². The number of benzene rings is 1. The van der Waals surface area contributed by atoms with Gasteiger partial charge >= 0.3 is 6.03 Å². The maximum absolute atomic E-state index is 12.7. The molecule has 1 aromatic carbocycles. The molecule has 25 heavy (non-hydrogen) atoms. The van der Waals surface area contributed by atoms with E-state index in [1.807, 2.05) is 49.3 Å². The van der Waals surface area contributed by atoms with Crippen LogP contribution in [-0.4, -0.2) is 28.6 Å². The molecule has 0 spiro atoms. The zero-order chi connectivity index (χ0) is 17.6. The molecule has 1 atom stereocenters. The predicted octanol–water partition coefficient (Wildman–Crippen LogP) is 3.61. The summed E-state index contributed by atoms with van der Waals surface area (Å²) in [6, 6.07) is 12.4. The van der Waals surface area contributed by atoms with Crippen LogP contribution in [-0.2, 0) is 24.9 Å². The van der Waals surface area contributed by atoms with Gasteiger partial charge in [-0.25, -0.2) is 4.79 Å². The Kier molecular flexibility index (Phi) is 5.76. The minimum absolute atomic E-state index is 0.00918. The molecule has 1 unspecified atom stereocenters. The fourth-order valence-corrected chi connectivity index (χ4v) is 3.49. The first-order chi connectivity index (χ1) is 12.2. The smallest absolute Gasteiger partial charge is 0.318 e. The van der Waals surface area contributed by atoms with E-state index in [-0.39, 0.29) is 12.1 Å². The van der Waals surface area contributed by atoms with Gasteiger partial charge in [-0.1, -0.05) is 24.3 Å². The molecule has 1 aromatic heterocycles. The van der Waals surface area contributed by atoms with Crippen molar-refractivity contribution in [3.8, 4) is 0 Å². The number of carbonyl (C=O) groups is 1. The number of rotatable bonds is 6. The summed E-state index contributed by atoms with van der Waals surface area (Å²) in [5, 5.41) is 3.09. The Morgan fingerprint density at radius 3 is 2.76 bits per heavy atom. The predicted molar refractivity (Wildman–Crippen MR) is 98.1 cm³/mol. The van der Waals surface area contributed by atoms with Gasteiger partial charge in [0.1, 0.15) is 0 Å². The molecule has 2 amide bonds. The zero-order valence-electron chi connectivity index (χ0n) is 15.1. The highest BCUT2D eigenvalue weighted by molar-refractivity contribution is 5.75. The molecule has 0 saturated carbocycles. The van der Waals surface area contributed by atoms with Gasteiger partial charge < -0.3 is 19.5 Å². The summed E-state index contributed by atoms with van der Waals surface area (Å²) < 4.78 is 7.62. The van der Waals surface area contributed by atoms with E-state index in [2.05, 4.69) is 22.0 Å². The van der Waals surface area contributed by atoms with E-state index in [9.17, 15) is 4.79 Å². The van der Waals surface area contributed by atoms with Crippen LogP contribution < -0.4 is 5.32 Å². The van der Waals surface area contributed by atoms with E-state index in [1.54, 1.807) is 0 Å². The molecule has 5 heteroatoms. The van der Waals surface area contributed by atoms with E-state index in [4.69, 9.17) is 4.74 Å². The SMILES string of the molecule is CCOCc1ccccc1CNC(=O)N1CCCC1c1cccn1C. The van der Waals surface area contributed by atoms with Crippen LogP contribution in [0.4, 0.5) is 4.79 Å². The number of amides is 2. The standard InChI is InChI=1S/C20H27N3O2/c1-3-25-15-17-9-5-4-8-16(17)14-21-20(24)23-13-7-11-19(23)18-10-6-12-22(18)2/h4-6,8-10,12,19H,3,7,11,13-15H2,1-2H3,(H,21,24). The van der Waals surface area contributed by atoms with Gasteiger partial charge in [0, 0.05) is 38.6 Å². The molecule has 1 fully saturated rings. The summed E-state index contributed by atoms with van der Waals surface area (Å²) in [5.41, 5.74) is 3.44. The average molecular weight is 341 g/mol. The Hall–Kier alpha value is -2.27. The molecular weight excluding hydrogens is 314 g/mol. The number of urea groups is 1. The van der Waals surface area contributed by atoms with Crippen molar-refractivity contribution in [2.45, 2.75) is 39.0 Å². The summed E-state index contributed by atoms with van der Waals surface area (Å²) in [7, 11) is 2.04. The maximum atomic E-state index is 12.7. The Labute approximate surface area is 149 Å². The van der Waals surface area contributed by atoms with Gasteiger partial charge in [-0.05, 0) is 43.0 Å². The lowest BCUT2D eigenvalue weighted by molar-refractivity contribution is 0.133. The van der Waals surface area contributed by atoms with Gasteiger partial charge in [0.2, 0.25) is 0 Å². The van der Waals surface area contributed by atoms with E-state index in [0.717, 1.165) is 30.5 Å². The van der Waals surface area contributed by atoms with Crippen LogP contribution in [0.15, 0.2) is 42.6 Å². The van der Waals surface area contributed by atoms with Gasteiger partial charge in [-0.15, -0.1) is 0 Å². The number of aryl methyl sites for hydroxylation is 1. The first-order valence-corrected chi connectivity index (χ1v) is 9.01. The molecule has 1 N–H and O–H groups in total. The molecule has 1 saturated heterocycles. The average Bonchev–Trinajstić information content (AvgIpc) is 3.27. The van der Waals surface area contributed by atoms with Crippen molar-refractivity contribution in [3.05, 3.63) is 59.4 Å². The highest BCUT2D eigenvalue weighted by Crippen LogP contribution is 2.31. The minimum atomic E-state index is 0.00918. The van der Waals surface area contributed by atoms with Crippen LogP contribution >= 0.6 is 0 Å². The highest BCUT2D eigenvalue weighted by atomic mass is 16.5. The first kappa shape index (κ1) is 17.5. The van der Waals surface area contributed by atoms with Crippen LogP contribution in [0.5, 0.6) is 0 Å². The number of likely N-dealkylation sites (tertiary alicyclic amines) is 1. The summed E-state index contributed by atoms with van der Waals surface area (Å²) in [4.78, 5) is 14.7. The third-order valence-electron chi connectivity index (χ3n) is 4.85. The monoisotopic (exact) mass is 341 g/mol. The fourth-order valence-electron chi connectivity index (χ4n) is 3.49. The summed E-state index contributed by atoms with van der Waals surface area (Å²) in [6.45, 7) is 4.59. The zero-order valence-corrected chi connectivity index (χ0v) is 15.1. The van der Waals surface area contributed by atoms with Gasteiger partial charge in [0.25, 0.3) is 0 Å². The lowest BCUT2D eigenvalue weighted by Gasteiger charge is -2.26. The highest BCUT2D eigenvalue weighted by Gasteiger charge is 2.31.